The van der Waals surface area contributed by atoms with Crippen LogP contribution in [0.15, 0.2) is 23.0 Å². The van der Waals surface area contributed by atoms with E-state index in [0.717, 1.165) is 0 Å². The van der Waals surface area contributed by atoms with Crippen molar-refractivity contribution in [1.82, 2.24) is 9.55 Å². The molecule has 0 aliphatic carbocycles. The van der Waals surface area contributed by atoms with Crippen molar-refractivity contribution in [3.63, 3.8) is 0 Å². The van der Waals surface area contributed by atoms with Crippen LogP contribution in [0.1, 0.15) is 10.4 Å². The van der Waals surface area contributed by atoms with Crippen molar-refractivity contribution in [3.8, 4) is 0 Å². The highest BCUT2D eigenvalue weighted by Crippen LogP contribution is 2.10. The van der Waals surface area contributed by atoms with E-state index in [1.807, 2.05) is 0 Å². The fourth-order valence-electron chi connectivity index (χ4n) is 1.77. The fraction of sp³-hybridized carbons (Fsp3) is 0.250. The van der Waals surface area contributed by atoms with Gasteiger partial charge in [0.15, 0.2) is 4.77 Å². The second-order valence-corrected chi connectivity index (χ2v) is 4.31. The summed E-state index contributed by atoms with van der Waals surface area (Å²) in [4.78, 5) is 25.8. The van der Waals surface area contributed by atoms with E-state index in [-0.39, 0.29) is 15.9 Å². The van der Waals surface area contributed by atoms with E-state index in [1.165, 1.54) is 29.9 Å². The van der Waals surface area contributed by atoms with Gasteiger partial charge in [0.2, 0.25) is 0 Å². The molecule has 19 heavy (non-hydrogen) atoms. The minimum atomic E-state index is -1.30. The molecule has 0 aliphatic rings. The van der Waals surface area contributed by atoms with E-state index in [2.05, 4.69) is 4.98 Å². The zero-order valence-electron chi connectivity index (χ0n) is 10.1. The maximum absolute atomic E-state index is 12.2. The van der Waals surface area contributed by atoms with E-state index in [0.29, 0.717) is 24.1 Å². The number of nitrogens with zero attached hydrogens (tertiary/aromatic N) is 1. The predicted octanol–water partition coefficient (Wildman–Crippen LogP) is 0.0690. The molecule has 0 bridgehead atoms. The Labute approximate surface area is 113 Å². The Balaban J connectivity index is 2.66. The van der Waals surface area contributed by atoms with Gasteiger partial charge in [-0.3, -0.25) is 9.36 Å². The Hall–Kier alpha value is -1.99. The van der Waals surface area contributed by atoms with Gasteiger partial charge in [-0.1, -0.05) is 6.07 Å². The van der Waals surface area contributed by atoms with Crippen molar-refractivity contribution < 1.29 is 14.6 Å². The van der Waals surface area contributed by atoms with E-state index in [9.17, 15) is 14.7 Å². The van der Waals surface area contributed by atoms with Gasteiger partial charge in [-0.25, -0.2) is 0 Å². The molecule has 1 aromatic heterocycles. The molecule has 0 aliphatic heterocycles. The highest BCUT2D eigenvalue weighted by molar-refractivity contribution is 7.71. The highest BCUT2D eigenvalue weighted by Gasteiger charge is 2.06. The maximum Gasteiger partial charge on any atom is 0.262 e. The Kier molecular flexibility index (Phi) is 3.77. The van der Waals surface area contributed by atoms with E-state index < -0.39 is 5.97 Å². The van der Waals surface area contributed by atoms with Gasteiger partial charge in [0, 0.05) is 7.11 Å². The number of rotatable bonds is 4. The van der Waals surface area contributed by atoms with Gasteiger partial charge < -0.3 is 19.6 Å². The predicted molar refractivity (Wildman–Crippen MR) is 69.6 cm³/mol. The molecule has 0 saturated carbocycles. The lowest BCUT2D eigenvalue weighted by molar-refractivity contribution is -0.255. The quantitative estimate of drug-likeness (QED) is 0.800. The Morgan fingerprint density at radius 3 is 2.89 bits per heavy atom. The third-order valence-corrected chi connectivity index (χ3v) is 3.06. The second-order valence-electron chi connectivity index (χ2n) is 3.93. The molecule has 7 heteroatoms. The van der Waals surface area contributed by atoms with Gasteiger partial charge in [-0.05, 0) is 29.9 Å². The summed E-state index contributed by atoms with van der Waals surface area (Å²) in [6, 6.07) is 4.11. The number of carbonyl (C=O) groups is 1. The first-order valence-electron chi connectivity index (χ1n) is 5.51. The number of H-pyrrole nitrogens is 1. The SMILES string of the molecule is COCCn1c(=S)[nH]c2cc(C(=O)[O-])ccc2c1=O. The zero-order valence-corrected chi connectivity index (χ0v) is 11.0. The van der Waals surface area contributed by atoms with Crippen molar-refractivity contribution in [3.05, 3.63) is 38.9 Å². The highest BCUT2D eigenvalue weighted by atomic mass is 32.1. The largest absolute Gasteiger partial charge is 0.545 e. The average molecular weight is 279 g/mol. The number of carboxylic acid groups (broad SMARTS) is 1. The standard InChI is InChI=1S/C12H12N2O4S/c1-18-5-4-14-10(15)8-3-2-7(11(16)17)6-9(8)13-12(14)19/h2-3,6H,4-5H2,1H3,(H,13,19)(H,16,17)/p-1. The van der Waals surface area contributed by atoms with Gasteiger partial charge in [-0.15, -0.1) is 0 Å². The Morgan fingerprint density at radius 2 is 2.26 bits per heavy atom. The molecule has 1 heterocycles. The molecule has 0 radical (unpaired) electrons. The molecule has 0 saturated heterocycles. The van der Waals surface area contributed by atoms with Crippen molar-refractivity contribution in [2.75, 3.05) is 13.7 Å². The summed E-state index contributed by atoms with van der Waals surface area (Å²) in [5, 5.41) is 11.1. The van der Waals surface area contributed by atoms with Crippen LogP contribution in [-0.2, 0) is 11.3 Å². The number of hydrogen-bond donors (Lipinski definition) is 1. The molecule has 6 nitrogen and oxygen atoms in total. The molecule has 100 valence electrons. The topological polar surface area (TPSA) is 87.2 Å². The number of methoxy groups -OCH3 is 1. The van der Waals surface area contributed by atoms with Crippen LogP contribution in [0.4, 0.5) is 0 Å². The summed E-state index contributed by atoms with van der Waals surface area (Å²) in [6.07, 6.45) is 0. The summed E-state index contributed by atoms with van der Waals surface area (Å²) in [5.41, 5.74) is 0.0956. The van der Waals surface area contributed by atoms with Crippen LogP contribution in [0.25, 0.3) is 10.9 Å². The van der Waals surface area contributed by atoms with E-state index in [4.69, 9.17) is 17.0 Å². The van der Waals surface area contributed by atoms with Gasteiger partial charge in [0.1, 0.15) is 0 Å². The first-order chi connectivity index (χ1) is 9.04. The van der Waals surface area contributed by atoms with E-state index in [1.54, 1.807) is 0 Å². The molecule has 2 rings (SSSR count). The lowest BCUT2D eigenvalue weighted by Crippen LogP contribution is -2.25. The molecule has 1 aromatic carbocycles. The third kappa shape index (κ3) is 2.56. The molecular formula is C12H11N2O4S-. The normalized spacial score (nSPS) is 10.8. The number of benzene rings is 1. The van der Waals surface area contributed by atoms with Crippen LogP contribution in [0.5, 0.6) is 0 Å². The number of aromatic carboxylic acids is 1. The molecule has 2 aromatic rings. The molecule has 0 amide bonds. The lowest BCUT2D eigenvalue weighted by atomic mass is 10.1. The van der Waals surface area contributed by atoms with Crippen molar-refractivity contribution in [1.29, 1.82) is 0 Å². The third-order valence-electron chi connectivity index (χ3n) is 2.74. The van der Waals surface area contributed by atoms with Crippen molar-refractivity contribution in [2.24, 2.45) is 0 Å². The minimum absolute atomic E-state index is 0.00723. The van der Waals surface area contributed by atoms with Crippen LogP contribution >= 0.6 is 12.2 Å². The number of carbonyl (C=O) groups excluding carboxylic acids is 1. The number of nitrogens with one attached hydrogen (secondary N) is 1. The van der Waals surface area contributed by atoms with Crippen LogP contribution < -0.4 is 10.7 Å². The van der Waals surface area contributed by atoms with Crippen LogP contribution in [-0.4, -0.2) is 29.2 Å². The number of carboxylic acids is 1. The number of hydrogen-bond acceptors (Lipinski definition) is 5. The monoisotopic (exact) mass is 279 g/mol. The van der Waals surface area contributed by atoms with Crippen LogP contribution in [0.3, 0.4) is 0 Å². The fourth-order valence-corrected chi connectivity index (χ4v) is 2.05. The molecular weight excluding hydrogens is 268 g/mol. The Morgan fingerprint density at radius 1 is 1.53 bits per heavy atom. The molecule has 1 N–H and O–H groups in total. The molecule has 0 unspecified atom stereocenters. The molecule has 0 atom stereocenters. The zero-order chi connectivity index (χ0) is 14.0. The average Bonchev–Trinajstić information content (AvgIpc) is 2.37. The van der Waals surface area contributed by atoms with Gasteiger partial charge in [0.25, 0.3) is 5.56 Å². The lowest BCUT2D eigenvalue weighted by Gasteiger charge is -2.09. The first kappa shape index (κ1) is 13.4. The molecule has 0 spiro atoms. The van der Waals surface area contributed by atoms with E-state index >= 15 is 0 Å². The summed E-state index contributed by atoms with van der Waals surface area (Å²) in [6.45, 7) is 0.697. The summed E-state index contributed by atoms with van der Waals surface area (Å²) in [5.74, 6) is -1.30. The van der Waals surface area contributed by atoms with Crippen molar-refractivity contribution in [2.45, 2.75) is 6.54 Å². The molecule has 0 fully saturated rings. The first-order valence-corrected chi connectivity index (χ1v) is 5.92. The number of aromatic amines is 1. The van der Waals surface area contributed by atoms with Gasteiger partial charge >= 0.3 is 0 Å². The number of ether oxygens (including phenoxy) is 1. The maximum atomic E-state index is 12.2. The van der Waals surface area contributed by atoms with Crippen molar-refractivity contribution >= 4 is 29.1 Å². The second kappa shape index (κ2) is 5.33. The summed E-state index contributed by atoms with van der Waals surface area (Å²) >= 11 is 5.08. The summed E-state index contributed by atoms with van der Waals surface area (Å²) < 4.78 is 6.51. The number of fused-ring (bicyclic) bond motifs is 1. The number of aromatic nitrogens is 2. The minimum Gasteiger partial charge on any atom is -0.545 e. The Bertz CT molecular complexity index is 747. The van der Waals surface area contributed by atoms with Gasteiger partial charge in [0.05, 0.1) is 30.0 Å². The smallest absolute Gasteiger partial charge is 0.262 e. The van der Waals surface area contributed by atoms with Gasteiger partial charge in [-0.2, -0.15) is 0 Å². The van der Waals surface area contributed by atoms with Crippen LogP contribution in [0.2, 0.25) is 0 Å². The summed E-state index contributed by atoms with van der Waals surface area (Å²) in [7, 11) is 1.53. The van der Waals surface area contributed by atoms with Crippen LogP contribution in [0, 0.1) is 4.77 Å².